The van der Waals surface area contributed by atoms with Gasteiger partial charge in [-0.05, 0) is 44.2 Å². The molecule has 0 aliphatic carbocycles. The van der Waals surface area contributed by atoms with E-state index in [0.717, 1.165) is 0 Å². The summed E-state index contributed by atoms with van der Waals surface area (Å²) in [7, 11) is 0. The molecule has 0 aromatic heterocycles. The summed E-state index contributed by atoms with van der Waals surface area (Å²) in [6.07, 6.45) is -2.67. The number of benzene rings is 2. The number of hydrogen-bond acceptors (Lipinski definition) is 8. The first-order valence-electron chi connectivity index (χ1n) is 14.5. The van der Waals surface area contributed by atoms with Crippen molar-refractivity contribution in [2.45, 2.75) is 75.9 Å². The summed E-state index contributed by atoms with van der Waals surface area (Å²) in [4.78, 5) is 77.2. The number of nitrogens with one attached hydrogen (secondary N) is 3. The first-order valence-corrected chi connectivity index (χ1v) is 14.5. The number of ether oxygens (including phenoxy) is 1. The van der Waals surface area contributed by atoms with Crippen molar-refractivity contribution in [1.82, 2.24) is 20.9 Å². The van der Waals surface area contributed by atoms with Crippen LogP contribution in [0.5, 0.6) is 0 Å². The van der Waals surface area contributed by atoms with Gasteiger partial charge < -0.3 is 42.2 Å². The Kier molecular flexibility index (Phi) is 12.0. The van der Waals surface area contributed by atoms with E-state index in [0.29, 0.717) is 17.5 Å². The van der Waals surface area contributed by atoms with Gasteiger partial charge in [0.1, 0.15) is 24.2 Å². The summed E-state index contributed by atoms with van der Waals surface area (Å²) in [5, 5.41) is 18.7. The van der Waals surface area contributed by atoms with Crippen LogP contribution in [0.1, 0.15) is 44.2 Å². The molecule has 0 saturated carbocycles. The van der Waals surface area contributed by atoms with E-state index in [-0.39, 0.29) is 26.0 Å². The molecule has 8 N–H and O–H groups in total. The van der Waals surface area contributed by atoms with Crippen molar-refractivity contribution < 1.29 is 38.6 Å². The van der Waals surface area contributed by atoms with Crippen molar-refractivity contribution in [3.05, 3.63) is 71.8 Å². The molecule has 1 saturated heterocycles. The lowest BCUT2D eigenvalue weighted by Crippen LogP contribution is -2.60. The van der Waals surface area contributed by atoms with Crippen LogP contribution in [0.4, 0.5) is 4.79 Å². The molecule has 1 aliphatic heterocycles. The van der Waals surface area contributed by atoms with E-state index in [1.165, 1.54) is 18.7 Å². The Hall–Kier alpha value is -4.98. The fourth-order valence-corrected chi connectivity index (χ4v) is 4.81. The molecule has 242 valence electrons. The van der Waals surface area contributed by atoms with Crippen LogP contribution in [0.25, 0.3) is 0 Å². The number of hydrogen-bond donors (Lipinski definition) is 6. The lowest BCUT2D eigenvalue weighted by atomic mass is 9.99. The van der Waals surface area contributed by atoms with E-state index in [4.69, 9.17) is 16.2 Å². The second-order valence-electron chi connectivity index (χ2n) is 11.3. The average molecular weight is 625 g/mol. The van der Waals surface area contributed by atoms with Gasteiger partial charge in [-0.3, -0.25) is 24.0 Å². The van der Waals surface area contributed by atoms with E-state index in [1.54, 1.807) is 60.7 Å². The lowest BCUT2D eigenvalue weighted by molar-refractivity contribution is -0.147. The summed E-state index contributed by atoms with van der Waals surface area (Å²) < 4.78 is 5.17. The molecule has 0 radical (unpaired) electrons. The molecule has 2 aromatic rings. The third-order valence-corrected chi connectivity index (χ3v) is 7.38. The zero-order valence-corrected chi connectivity index (χ0v) is 25.2. The number of aliphatic hydroxyl groups is 1. The number of carbonyl (C=O) groups excluding carboxylic acids is 6. The second kappa shape index (κ2) is 15.7. The molecule has 14 nitrogen and oxygen atoms in total. The number of aliphatic hydroxyl groups excluding tert-OH is 1. The van der Waals surface area contributed by atoms with Crippen LogP contribution in [-0.2, 0) is 41.7 Å². The van der Waals surface area contributed by atoms with E-state index < -0.39 is 71.8 Å². The third-order valence-electron chi connectivity index (χ3n) is 7.38. The molecular weight excluding hydrogens is 584 g/mol. The Morgan fingerprint density at radius 1 is 0.956 bits per heavy atom. The molecule has 1 aliphatic rings. The predicted molar refractivity (Wildman–Crippen MR) is 162 cm³/mol. The Balaban J connectivity index is 1.77. The van der Waals surface area contributed by atoms with Crippen LogP contribution in [-0.4, -0.2) is 81.9 Å². The minimum Gasteiger partial charge on any atom is -0.445 e. The number of nitrogens with two attached hydrogens (primary N) is 2. The maximum Gasteiger partial charge on any atom is 0.408 e. The quantitative estimate of drug-likeness (QED) is 0.162. The van der Waals surface area contributed by atoms with E-state index in [2.05, 4.69) is 16.0 Å². The Labute approximate surface area is 260 Å². The highest BCUT2D eigenvalue weighted by atomic mass is 16.5. The Morgan fingerprint density at radius 3 is 2.13 bits per heavy atom. The number of likely N-dealkylation sites (tertiary alicyclic amines) is 1. The SMILES string of the molecule is CC(C)(NC(=O)[C@@H]1CCCN1C(=O)[C@@H](O)[C@H](Cc1ccccc1)NC(=O)[C@H](CC(N)=O)NC(=O)OCc1ccccc1)C(N)=O. The van der Waals surface area contributed by atoms with Crippen molar-refractivity contribution in [3.8, 4) is 0 Å². The molecule has 0 bridgehead atoms. The highest BCUT2D eigenvalue weighted by Gasteiger charge is 2.42. The van der Waals surface area contributed by atoms with Crippen molar-refractivity contribution in [1.29, 1.82) is 0 Å². The number of nitrogens with zero attached hydrogens (tertiary/aromatic N) is 1. The van der Waals surface area contributed by atoms with Gasteiger partial charge in [-0.1, -0.05) is 60.7 Å². The summed E-state index contributed by atoms with van der Waals surface area (Å²) in [5.74, 6) is -3.98. The molecule has 0 unspecified atom stereocenters. The largest absolute Gasteiger partial charge is 0.445 e. The van der Waals surface area contributed by atoms with Gasteiger partial charge in [-0.15, -0.1) is 0 Å². The number of primary amides is 2. The fraction of sp³-hybridized carbons (Fsp3) is 0.419. The average Bonchev–Trinajstić information content (AvgIpc) is 3.49. The Bertz CT molecular complexity index is 1370. The van der Waals surface area contributed by atoms with Crippen LogP contribution in [0.15, 0.2) is 60.7 Å². The molecule has 45 heavy (non-hydrogen) atoms. The van der Waals surface area contributed by atoms with Crippen molar-refractivity contribution >= 4 is 35.6 Å². The molecule has 0 spiro atoms. The van der Waals surface area contributed by atoms with Crippen molar-refractivity contribution in [2.24, 2.45) is 11.5 Å². The van der Waals surface area contributed by atoms with E-state index in [9.17, 15) is 33.9 Å². The first kappa shape index (κ1) is 34.5. The topological polar surface area (TPSA) is 223 Å². The number of amides is 6. The van der Waals surface area contributed by atoms with Crippen LogP contribution < -0.4 is 27.4 Å². The summed E-state index contributed by atoms with van der Waals surface area (Å²) >= 11 is 0. The van der Waals surface area contributed by atoms with Crippen LogP contribution in [0, 0.1) is 0 Å². The third kappa shape index (κ3) is 10.0. The summed E-state index contributed by atoms with van der Waals surface area (Å²) in [5.41, 5.74) is 10.7. The molecule has 14 heteroatoms. The maximum atomic E-state index is 13.6. The highest BCUT2D eigenvalue weighted by molar-refractivity contribution is 5.95. The minimum atomic E-state index is -1.83. The predicted octanol–water partition coefficient (Wildman–Crippen LogP) is -0.384. The second-order valence-corrected chi connectivity index (χ2v) is 11.3. The van der Waals surface area contributed by atoms with Gasteiger partial charge in [0.2, 0.25) is 23.6 Å². The molecule has 6 amide bonds. The van der Waals surface area contributed by atoms with Crippen LogP contribution in [0.2, 0.25) is 0 Å². The minimum absolute atomic E-state index is 0.0133. The van der Waals surface area contributed by atoms with Crippen molar-refractivity contribution in [3.63, 3.8) is 0 Å². The molecule has 1 fully saturated rings. The maximum absolute atomic E-state index is 13.6. The first-order chi connectivity index (χ1) is 21.3. The van der Waals surface area contributed by atoms with Crippen LogP contribution in [0.3, 0.4) is 0 Å². The lowest BCUT2D eigenvalue weighted by Gasteiger charge is -2.32. The molecule has 1 heterocycles. The van der Waals surface area contributed by atoms with Gasteiger partial charge in [0.15, 0.2) is 6.10 Å². The zero-order valence-electron chi connectivity index (χ0n) is 25.2. The van der Waals surface area contributed by atoms with Gasteiger partial charge in [-0.25, -0.2) is 4.79 Å². The van der Waals surface area contributed by atoms with E-state index >= 15 is 0 Å². The Morgan fingerprint density at radius 2 is 1.56 bits per heavy atom. The summed E-state index contributed by atoms with van der Waals surface area (Å²) in [6.45, 7) is 2.92. The number of rotatable bonds is 14. The number of carbonyl (C=O) groups is 6. The zero-order chi connectivity index (χ0) is 33.1. The van der Waals surface area contributed by atoms with Gasteiger partial charge >= 0.3 is 6.09 Å². The standard InChI is InChI=1S/C31H40N6O8/c1-31(2,29(33)43)36-27(41)23-14-9-15-37(23)28(42)25(39)21(16-19-10-5-3-6-11-19)34-26(40)22(17-24(32)38)35-30(44)45-18-20-12-7-4-8-13-20/h3-8,10-13,21-23,25,39H,9,14-18H2,1-2H3,(H2,32,38)(H2,33,43)(H,34,40)(H,35,44)(H,36,41)/t21-,22-,23-,25-/m0/s1. The highest BCUT2D eigenvalue weighted by Crippen LogP contribution is 2.21. The molecular formula is C31H40N6O8. The molecule has 3 rings (SSSR count). The monoisotopic (exact) mass is 624 g/mol. The molecule has 4 atom stereocenters. The van der Waals surface area contributed by atoms with Gasteiger partial charge in [0.05, 0.1) is 12.5 Å². The van der Waals surface area contributed by atoms with Gasteiger partial charge in [0.25, 0.3) is 5.91 Å². The van der Waals surface area contributed by atoms with Crippen LogP contribution >= 0.6 is 0 Å². The molecule has 2 aromatic carbocycles. The normalized spacial score (nSPS) is 16.5. The van der Waals surface area contributed by atoms with Crippen molar-refractivity contribution in [2.75, 3.05) is 6.54 Å². The van der Waals surface area contributed by atoms with Gasteiger partial charge in [0, 0.05) is 6.54 Å². The smallest absolute Gasteiger partial charge is 0.408 e. The van der Waals surface area contributed by atoms with E-state index in [1.807, 2.05) is 0 Å². The summed E-state index contributed by atoms with van der Waals surface area (Å²) in [6, 6.07) is 13.8. The van der Waals surface area contributed by atoms with Gasteiger partial charge in [-0.2, -0.15) is 0 Å². The fourth-order valence-electron chi connectivity index (χ4n) is 4.81. The number of alkyl carbamates (subject to hydrolysis) is 1.